The van der Waals surface area contributed by atoms with Gasteiger partial charge in [0.25, 0.3) is 5.91 Å². The molecule has 0 aliphatic heterocycles. The van der Waals surface area contributed by atoms with Crippen molar-refractivity contribution in [2.24, 2.45) is 0 Å². The summed E-state index contributed by atoms with van der Waals surface area (Å²) in [6, 6.07) is 6.84. The first kappa shape index (κ1) is 18.7. The Morgan fingerprint density at radius 3 is 2.22 bits per heavy atom. The Labute approximate surface area is 136 Å². The van der Waals surface area contributed by atoms with Gasteiger partial charge in [-0.1, -0.05) is 29.8 Å². The topological polar surface area (TPSA) is 84.5 Å². The van der Waals surface area contributed by atoms with Crippen molar-refractivity contribution < 1.29 is 19.1 Å². The number of ether oxygens (including phenoxy) is 1. The van der Waals surface area contributed by atoms with E-state index in [1.54, 1.807) is 20.8 Å². The average molecular weight is 320 g/mol. The molecule has 0 aliphatic rings. The quantitative estimate of drug-likeness (QED) is 0.832. The van der Waals surface area contributed by atoms with Gasteiger partial charge in [-0.05, 0) is 40.2 Å². The van der Waals surface area contributed by atoms with Crippen molar-refractivity contribution in [2.45, 2.75) is 52.7 Å². The first-order chi connectivity index (χ1) is 10.6. The Hall–Kier alpha value is -2.37. The van der Waals surface area contributed by atoms with Crippen LogP contribution in [0.25, 0.3) is 0 Å². The van der Waals surface area contributed by atoms with Crippen molar-refractivity contribution in [2.75, 3.05) is 0 Å². The summed E-state index contributed by atoms with van der Waals surface area (Å²) in [6.45, 7) is 8.76. The lowest BCUT2D eigenvalue weighted by Crippen LogP contribution is -2.50. The van der Waals surface area contributed by atoms with E-state index in [0.29, 0.717) is 0 Å². The van der Waals surface area contributed by atoms with E-state index in [9.17, 15) is 14.4 Å². The van der Waals surface area contributed by atoms with Crippen molar-refractivity contribution in [1.29, 1.82) is 0 Å². The molecule has 0 saturated carbocycles. The molecular weight excluding hydrogens is 296 g/mol. The lowest BCUT2D eigenvalue weighted by molar-refractivity contribution is -0.153. The number of rotatable bonds is 4. The van der Waals surface area contributed by atoms with Crippen LogP contribution in [0.5, 0.6) is 0 Å². The lowest BCUT2D eigenvalue weighted by Gasteiger charge is -2.21. The van der Waals surface area contributed by atoms with Gasteiger partial charge in [-0.3, -0.25) is 14.9 Å². The minimum absolute atomic E-state index is 0.0755. The van der Waals surface area contributed by atoms with Gasteiger partial charge in [-0.25, -0.2) is 4.79 Å². The van der Waals surface area contributed by atoms with Gasteiger partial charge in [0.2, 0.25) is 0 Å². The molecule has 1 aromatic carbocycles. The standard InChI is InChI=1S/C17H24N2O4/c1-11-6-8-13(9-7-11)10-14(20)23-12(2)15(21)18-16(22)19-17(3,4)5/h6-9,12H,10H2,1-5H3,(H2,18,19,21,22)/t12-/m1/s1. The number of hydrogen-bond acceptors (Lipinski definition) is 4. The van der Waals surface area contributed by atoms with Crippen LogP contribution in [0.3, 0.4) is 0 Å². The number of urea groups is 1. The Morgan fingerprint density at radius 2 is 1.70 bits per heavy atom. The Kier molecular flexibility index (Phi) is 6.30. The van der Waals surface area contributed by atoms with E-state index in [1.807, 2.05) is 31.2 Å². The van der Waals surface area contributed by atoms with Crippen LogP contribution in [-0.2, 0) is 20.7 Å². The second-order valence-corrected chi connectivity index (χ2v) is 6.49. The largest absolute Gasteiger partial charge is 0.452 e. The van der Waals surface area contributed by atoms with E-state index < -0.39 is 29.6 Å². The van der Waals surface area contributed by atoms with Crippen LogP contribution in [0.15, 0.2) is 24.3 Å². The molecule has 1 atom stereocenters. The van der Waals surface area contributed by atoms with E-state index in [-0.39, 0.29) is 6.42 Å². The highest BCUT2D eigenvalue weighted by Gasteiger charge is 2.22. The van der Waals surface area contributed by atoms with Gasteiger partial charge in [-0.15, -0.1) is 0 Å². The fourth-order valence-corrected chi connectivity index (χ4v) is 1.75. The smallest absolute Gasteiger partial charge is 0.321 e. The highest BCUT2D eigenvalue weighted by Crippen LogP contribution is 2.06. The van der Waals surface area contributed by atoms with Gasteiger partial charge in [0.05, 0.1) is 6.42 Å². The molecule has 0 spiro atoms. The van der Waals surface area contributed by atoms with Crippen molar-refractivity contribution in [3.05, 3.63) is 35.4 Å². The number of esters is 1. The second kappa shape index (κ2) is 7.76. The van der Waals surface area contributed by atoms with E-state index in [4.69, 9.17) is 4.74 Å². The van der Waals surface area contributed by atoms with Crippen LogP contribution in [0.4, 0.5) is 4.79 Å². The molecule has 23 heavy (non-hydrogen) atoms. The maximum Gasteiger partial charge on any atom is 0.321 e. The molecule has 0 aliphatic carbocycles. The number of carbonyl (C=O) groups is 3. The fraction of sp³-hybridized carbons (Fsp3) is 0.471. The molecular formula is C17H24N2O4. The van der Waals surface area contributed by atoms with Crippen LogP contribution < -0.4 is 10.6 Å². The predicted molar refractivity (Wildman–Crippen MR) is 86.9 cm³/mol. The predicted octanol–water partition coefficient (Wildman–Crippen LogP) is 2.09. The Bertz CT molecular complexity index is 573. The van der Waals surface area contributed by atoms with Crippen LogP contribution in [0.1, 0.15) is 38.8 Å². The van der Waals surface area contributed by atoms with Gasteiger partial charge in [0.1, 0.15) is 0 Å². The summed E-state index contributed by atoms with van der Waals surface area (Å²) in [5.74, 6) is -1.18. The average Bonchev–Trinajstić information content (AvgIpc) is 2.38. The molecule has 0 fully saturated rings. The first-order valence-corrected chi connectivity index (χ1v) is 7.45. The zero-order valence-corrected chi connectivity index (χ0v) is 14.2. The number of hydrogen-bond donors (Lipinski definition) is 2. The van der Waals surface area contributed by atoms with Crippen molar-refractivity contribution in [3.8, 4) is 0 Å². The highest BCUT2D eigenvalue weighted by molar-refractivity contribution is 5.97. The molecule has 0 aromatic heterocycles. The van der Waals surface area contributed by atoms with Crippen LogP contribution >= 0.6 is 0 Å². The number of amides is 3. The molecule has 0 radical (unpaired) electrons. The van der Waals surface area contributed by atoms with Crippen LogP contribution in [-0.4, -0.2) is 29.6 Å². The zero-order valence-electron chi connectivity index (χ0n) is 14.2. The number of nitrogens with one attached hydrogen (secondary N) is 2. The summed E-state index contributed by atoms with van der Waals surface area (Å²) in [5.41, 5.74) is 1.44. The SMILES string of the molecule is Cc1ccc(CC(=O)O[C@H](C)C(=O)NC(=O)NC(C)(C)C)cc1. The molecule has 6 nitrogen and oxygen atoms in total. The lowest BCUT2D eigenvalue weighted by atomic mass is 10.1. The molecule has 1 aromatic rings. The first-order valence-electron chi connectivity index (χ1n) is 7.45. The van der Waals surface area contributed by atoms with Gasteiger partial charge in [0.15, 0.2) is 6.10 Å². The number of imide groups is 1. The van der Waals surface area contributed by atoms with Crippen molar-refractivity contribution >= 4 is 17.9 Å². The van der Waals surface area contributed by atoms with Gasteiger partial charge >= 0.3 is 12.0 Å². The fourth-order valence-electron chi connectivity index (χ4n) is 1.75. The van der Waals surface area contributed by atoms with E-state index in [1.165, 1.54) is 6.92 Å². The summed E-state index contributed by atoms with van der Waals surface area (Å²) in [7, 11) is 0. The Balaban J connectivity index is 2.46. The number of carbonyl (C=O) groups excluding carboxylic acids is 3. The second-order valence-electron chi connectivity index (χ2n) is 6.49. The molecule has 6 heteroatoms. The molecule has 0 unspecified atom stereocenters. The molecule has 1 rings (SSSR count). The zero-order chi connectivity index (χ0) is 17.6. The summed E-state index contributed by atoms with van der Waals surface area (Å²) in [4.78, 5) is 35.2. The number of benzene rings is 1. The molecule has 0 saturated heterocycles. The number of aryl methyl sites for hydroxylation is 1. The maximum absolute atomic E-state index is 11.8. The minimum Gasteiger partial charge on any atom is -0.452 e. The van der Waals surface area contributed by atoms with Crippen molar-refractivity contribution in [1.82, 2.24) is 10.6 Å². The summed E-state index contributed by atoms with van der Waals surface area (Å²) >= 11 is 0. The third-order valence-corrected chi connectivity index (χ3v) is 2.87. The third kappa shape index (κ3) is 7.44. The molecule has 3 amide bonds. The van der Waals surface area contributed by atoms with Gasteiger partial charge in [0, 0.05) is 5.54 Å². The third-order valence-electron chi connectivity index (χ3n) is 2.87. The molecule has 2 N–H and O–H groups in total. The highest BCUT2D eigenvalue weighted by atomic mass is 16.5. The van der Waals surface area contributed by atoms with E-state index >= 15 is 0 Å². The molecule has 0 bridgehead atoms. The normalized spacial score (nSPS) is 12.2. The summed E-state index contributed by atoms with van der Waals surface area (Å²) in [5, 5.41) is 4.74. The van der Waals surface area contributed by atoms with Crippen molar-refractivity contribution in [3.63, 3.8) is 0 Å². The van der Waals surface area contributed by atoms with Gasteiger partial charge in [-0.2, -0.15) is 0 Å². The van der Waals surface area contributed by atoms with E-state index in [0.717, 1.165) is 11.1 Å². The summed E-state index contributed by atoms with van der Waals surface area (Å²) < 4.78 is 5.05. The van der Waals surface area contributed by atoms with Crippen LogP contribution in [0, 0.1) is 6.92 Å². The molecule has 0 heterocycles. The van der Waals surface area contributed by atoms with E-state index in [2.05, 4.69) is 10.6 Å². The Morgan fingerprint density at radius 1 is 1.13 bits per heavy atom. The minimum atomic E-state index is -1.04. The van der Waals surface area contributed by atoms with Gasteiger partial charge < -0.3 is 10.1 Å². The monoisotopic (exact) mass is 320 g/mol. The van der Waals surface area contributed by atoms with Crippen LogP contribution in [0.2, 0.25) is 0 Å². The molecule has 126 valence electrons. The summed E-state index contributed by atoms with van der Waals surface area (Å²) in [6.07, 6.45) is -0.967. The maximum atomic E-state index is 11.8.